The van der Waals surface area contributed by atoms with Crippen molar-refractivity contribution in [3.8, 4) is 5.69 Å². The summed E-state index contributed by atoms with van der Waals surface area (Å²) in [7, 11) is 1.81. The summed E-state index contributed by atoms with van der Waals surface area (Å²) in [4.78, 5) is 14.6. The zero-order chi connectivity index (χ0) is 16.2. The third-order valence-corrected chi connectivity index (χ3v) is 4.61. The van der Waals surface area contributed by atoms with Gasteiger partial charge >= 0.3 is 0 Å². The van der Waals surface area contributed by atoms with E-state index < -0.39 is 0 Å². The summed E-state index contributed by atoms with van der Waals surface area (Å²) in [6, 6.07) is 9.32. The van der Waals surface area contributed by atoms with E-state index in [9.17, 15) is 9.90 Å². The van der Waals surface area contributed by atoms with Crippen LogP contribution in [0.1, 0.15) is 36.0 Å². The van der Waals surface area contributed by atoms with Crippen molar-refractivity contribution in [2.24, 2.45) is 5.92 Å². The Morgan fingerprint density at radius 3 is 2.83 bits per heavy atom. The number of hydrogen-bond acceptors (Lipinski definition) is 3. The van der Waals surface area contributed by atoms with E-state index in [0.29, 0.717) is 12.1 Å². The van der Waals surface area contributed by atoms with Crippen molar-refractivity contribution in [1.29, 1.82) is 0 Å². The van der Waals surface area contributed by atoms with Crippen LogP contribution in [0.25, 0.3) is 5.69 Å². The Hall–Kier alpha value is -2.14. The molecule has 3 rings (SSSR count). The number of carbonyl (C=O) groups excluding carboxylic acids is 1. The van der Waals surface area contributed by atoms with Crippen LogP contribution in [0.15, 0.2) is 42.7 Å². The third kappa shape index (κ3) is 3.45. The monoisotopic (exact) mass is 313 g/mol. The van der Waals surface area contributed by atoms with Crippen molar-refractivity contribution in [2.75, 3.05) is 13.6 Å². The molecule has 2 unspecified atom stereocenters. The van der Waals surface area contributed by atoms with Crippen LogP contribution >= 0.6 is 0 Å². The minimum Gasteiger partial charge on any atom is -0.393 e. The number of rotatable bonds is 4. The highest BCUT2D eigenvalue weighted by Crippen LogP contribution is 2.25. The number of para-hydroxylation sites is 1. The summed E-state index contributed by atoms with van der Waals surface area (Å²) in [5.74, 6) is 0.142. The fraction of sp³-hybridized carbons (Fsp3) is 0.444. The molecule has 1 amide bonds. The second kappa shape index (κ2) is 6.96. The summed E-state index contributed by atoms with van der Waals surface area (Å²) in [6.45, 7) is 0.591. The van der Waals surface area contributed by atoms with Crippen LogP contribution in [-0.2, 0) is 0 Å². The standard InChI is InChI=1S/C18H23N3O2/c1-20(13-14-7-2-5-10-17(14)22)18(23)15-8-3-4-9-16(15)21-12-6-11-19-21/h3-4,6,8-9,11-12,14,17,22H,2,5,7,10,13H2,1H3. The molecule has 122 valence electrons. The molecule has 2 atom stereocenters. The molecule has 1 aliphatic carbocycles. The molecule has 2 aromatic rings. The molecule has 1 aliphatic rings. The molecular formula is C18H23N3O2. The van der Waals surface area contributed by atoms with Crippen molar-refractivity contribution >= 4 is 5.91 Å². The molecule has 5 nitrogen and oxygen atoms in total. The van der Waals surface area contributed by atoms with Gasteiger partial charge in [-0.25, -0.2) is 4.68 Å². The molecule has 23 heavy (non-hydrogen) atoms. The van der Waals surface area contributed by atoms with Gasteiger partial charge in [-0.05, 0) is 31.0 Å². The molecular weight excluding hydrogens is 290 g/mol. The Kier molecular flexibility index (Phi) is 4.76. The fourth-order valence-electron chi connectivity index (χ4n) is 3.31. The first-order chi connectivity index (χ1) is 11.2. The summed E-state index contributed by atoms with van der Waals surface area (Å²) in [5.41, 5.74) is 1.41. The number of carbonyl (C=O) groups is 1. The van der Waals surface area contributed by atoms with Gasteiger partial charge in [-0.3, -0.25) is 4.79 Å². The normalized spacial score (nSPS) is 21.1. The molecule has 0 aliphatic heterocycles. The number of aliphatic hydroxyl groups excluding tert-OH is 1. The van der Waals surface area contributed by atoms with Crippen LogP contribution in [-0.4, -0.2) is 45.4 Å². The van der Waals surface area contributed by atoms with Crippen molar-refractivity contribution in [1.82, 2.24) is 14.7 Å². The Labute approximate surface area is 136 Å². The van der Waals surface area contributed by atoms with E-state index in [1.807, 2.05) is 43.6 Å². The van der Waals surface area contributed by atoms with E-state index in [-0.39, 0.29) is 17.9 Å². The lowest BCUT2D eigenvalue weighted by Gasteiger charge is -2.31. The highest BCUT2D eigenvalue weighted by Gasteiger charge is 2.26. The topological polar surface area (TPSA) is 58.4 Å². The van der Waals surface area contributed by atoms with Gasteiger partial charge in [0.1, 0.15) is 0 Å². The Bertz CT molecular complexity index is 654. The van der Waals surface area contributed by atoms with Gasteiger partial charge in [0, 0.05) is 31.9 Å². The van der Waals surface area contributed by atoms with E-state index in [4.69, 9.17) is 0 Å². The van der Waals surface area contributed by atoms with E-state index >= 15 is 0 Å². The largest absolute Gasteiger partial charge is 0.393 e. The lowest BCUT2D eigenvalue weighted by molar-refractivity contribution is 0.0451. The Balaban J connectivity index is 1.77. The van der Waals surface area contributed by atoms with Gasteiger partial charge in [-0.2, -0.15) is 5.10 Å². The predicted octanol–water partition coefficient (Wildman–Crippen LogP) is 2.50. The molecule has 1 fully saturated rings. The summed E-state index contributed by atoms with van der Waals surface area (Å²) in [5, 5.41) is 14.3. The zero-order valence-electron chi connectivity index (χ0n) is 13.4. The van der Waals surface area contributed by atoms with Gasteiger partial charge in [0.2, 0.25) is 0 Å². The molecule has 1 saturated carbocycles. The average Bonchev–Trinajstić information content (AvgIpc) is 3.10. The molecule has 1 heterocycles. The fourth-order valence-corrected chi connectivity index (χ4v) is 3.31. The highest BCUT2D eigenvalue weighted by molar-refractivity contribution is 5.97. The lowest BCUT2D eigenvalue weighted by Crippen LogP contribution is -2.38. The SMILES string of the molecule is CN(CC1CCCCC1O)C(=O)c1ccccc1-n1cccn1. The van der Waals surface area contributed by atoms with Crippen molar-refractivity contribution in [3.05, 3.63) is 48.3 Å². The maximum Gasteiger partial charge on any atom is 0.255 e. The summed E-state index contributed by atoms with van der Waals surface area (Å²) < 4.78 is 1.70. The average molecular weight is 313 g/mol. The maximum atomic E-state index is 12.8. The number of aromatic nitrogens is 2. The molecule has 5 heteroatoms. The number of nitrogens with zero attached hydrogens (tertiary/aromatic N) is 3. The van der Waals surface area contributed by atoms with Crippen molar-refractivity contribution < 1.29 is 9.90 Å². The van der Waals surface area contributed by atoms with Crippen LogP contribution in [0.4, 0.5) is 0 Å². The van der Waals surface area contributed by atoms with E-state index in [2.05, 4.69) is 5.10 Å². The van der Waals surface area contributed by atoms with Crippen LogP contribution < -0.4 is 0 Å². The van der Waals surface area contributed by atoms with Gasteiger partial charge in [-0.1, -0.05) is 25.0 Å². The van der Waals surface area contributed by atoms with Gasteiger partial charge in [0.15, 0.2) is 0 Å². The zero-order valence-corrected chi connectivity index (χ0v) is 13.4. The smallest absolute Gasteiger partial charge is 0.255 e. The minimum atomic E-state index is -0.291. The van der Waals surface area contributed by atoms with E-state index in [0.717, 1.165) is 31.4 Å². The van der Waals surface area contributed by atoms with Crippen LogP contribution in [0.2, 0.25) is 0 Å². The Morgan fingerprint density at radius 2 is 2.09 bits per heavy atom. The van der Waals surface area contributed by atoms with Gasteiger partial charge in [0.25, 0.3) is 5.91 Å². The highest BCUT2D eigenvalue weighted by atomic mass is 16.3. The van der Waals surface area contributed by atoms with E-state index in [1.165, 1.54) is 0 Å². The number of aliphatic hydroxyl groups is 1. The second-order valence-corrected chi connectivity index (χ2v) is 6.27. The first-order valence-electron chi connectivity index (χ1n) is 8.19. The first-order valence-corrected chi connectivity index (χ1v) is 8.19. The number of hydrogen-bond donors (Lipinski definition) is 1. The van der Waals surface area contributed by atoms with E-state index in [1.54, 1.807) is 15.8 Å². The summed E-state index contributed by atoms with van der Waals surface area (Å²) >= 11 is 0. The molecule has 1 N–H and O–H groups in total. The van der Waals surface area contributed by atoms with Crippen LogP contribution in [0.5, 0.6) is 0 Å². The third-order valence-electron chi connectivity index (χ3n) is 4.61. The molecule has 0 spiro atoms. The quantitative estimate of drug-likeness (QED) is 0.943. The molecule has 0 bridgehead atoms. The van der Waals surface area contributed by atoms with Gasteiger partial charge in [-0.15, -0.1) is 0 Å². The maximum absolute atomic E-state index is 12.8. The second-order valence-electron chi connectivity index (χ2n) is 6.27. The molecule has 0 saturated heterocycles. The van der Waals surface area contributed by atoms with Gasteiger partial charge in [0.05, 0.1) is 17.4 Å². The first kappa shape index (κ1) is 15.7. The van der Waals surface area contributed by atoms with Crippen LogP contribution in [0, 0.1) is 5.92 Å². The molecule has 0 radical (unpaired) electrons. The molecule has 1 aromatic carbocycles. The summed E-state index contributed by atoms with van der Waals surface area (Å²) in [6.07, 6.45) is 7.28. The number of amides is 1. The van der Waals surface area contributed by atoms with Gasteiger partial charge < -0.3 is 10.0 Å². The minimum absolute atomic E-state index is 0.0335. The predicted molar refractivity (Wildman–Crippen MR) is 88.5 cm³/mol. The Morgan fingerprint density at radius 1 is 1.30 bits per heavy atom. The lowest BCUT2D eigenvalue weighted by atomic mass is 9.86. The molecule has 1 aromatic heterocycles. The van der Waals surface area contributed by atoms with Crippen molar-refractivity contribution in [2.45, 2.75) is 31.8 Å². The number of benzene rings is 1. The van der Waals surface area contributed by atoms with Crippen LogP contribution in [0.3, 0.4) is 0 Å². The van der Waals surface area contributed by atoms with Crippen molar-refractivity contribution in [3.63, 3.8) is 0 Å².